The summed E-state index contributed by atoms with van der Waals surface area (Å²) in [4.78, 5) is 22.9. The Bertz CT molecular complexity index is 1090. The number of benzene rings is 2. The smallest absolute Gasteiger partial charge is 0.338 e. The van der Waals surface area contributed by atoms with Crippen molar-refractivity contribution in [3.63, 3.8) is 0 Å². The topological polar surface area (TPSA) is 63.6 Å². The molecule has 0 bridgehead atoms. The summed E-state index contributed by atoms with van der Waals surface area (Å²) in [7, 11) is 0. The summed E-state index contributed by atoms with van der Waals surface area (Å²) in [5, 5.41) is 8.79. The molecule has 1 N–H and O–H groups in total. The molecule has 0 heterocycles. The van der Waals surface area contributed by atoms with Crippen LogP contribution in [0.4, 0.5) is 4.39 Å². The second-order valence-corrected chi connectivity index (χ2v) is 12.7. The first-order chi connectivity index (χ1) is 20.9. The van der Waals surface area contributed by atoms with Crippen LogP contribution in [-0.2, 0) is 4.74 Å². The lowest BCUT2D eigenvalue weighted by Gasteiger charge is -2.37. The SMILES string of the molecule is CC.CCC1CCC(C2CCC(OC(=O)c3ccccc3)CC2)CC1.CCC1CCC(c2ccc(C(=O)O)c(F)c2)CC1. The fourth-order valence-corrected chi connectivity index (χ4v) is 7.40. The molecule has 0 unspecified atom stereocenters. The van der Waals surface area contributed by atoms with Crippen LogP contribution in [0.1, 0.15) is 150 Å². The minimum Gasteiger partial charge on any atom is -0.478 e. The Morgan fingerprint density at radius 1 is 0.744 bits per heavy atom. The van der Waals surface area contributed by atoms with Gasteiger partial charge in [-0.05, 0) is 124 Å². The molecule has 2 aromatic carbocycles. The lowest BCUT2D eigenvalue weighted by Crippen LogP contribution is -2.29. The maximum absolute atomic E-state index is 13.6. The highest BCUT2D eigenvalue weighted by molar-refractivity contribution is 5.89. The van der Waals surface area contributed by atoms with Crippen LogP contribution in [0.5, 0.6) is 0 Å². The lowest BCUT2D eigenvalue weighted by atomic mass is 9.70. The molecule has 0 amide bonds. The highest BCUT2D eigenvalue weighted by Gasteiger charge is 2.31. The molecular formula is C38H55FO4. The Balaban J connectivity index is 0.000000229. The first-order valence-corrected chi connectivity index (χ1v) is 17.2. The monoisotopic (exact) mass is 594 g/mol. The first kappa shape index (κ1) is 34.8. The Labute approximate surface area is 259 Å². The second-order valence-electron chi connectivity index (χ2n) is 12.7. The van der Waals surface area contributed by atoms with Crippen LogP contribution >= 0.6 is 0 Å². The van der Waals surface area contributed by atoms with Gasteiger partial charge in [0, 0.05) is 0 Å². The van der Waals surface area contributed by atoms with E-state index in [1.165, 1.54) is 76.3 Å². The van der Waals surface area contributed by atoms with Gasteiger partial charge >= 0.3 is 11.9 Å². The summed E-state index contributed by atoms with van der Waals surface area (Å²) in [6.45, 7) is 8.55. The van der Waals surface area contributed by atoms with Crippen molar-refractivity contribution in [2.75, 3.05) is 0 Å². The van der Waals surface area contributed by atoms with Crippen molar-refractivity contribution in [2.24, 2.45) is 23.7 Å². The van der Waals surface area contributed by atoms with E-state index in [0.29, 0.717) is 11.5 Å². The fraction of sp³-hybridized carbons (Fsp3) is 0.632. The third-order valence-corrected chi connectivity index (χ3v) is 10.3. The molecule has 3 aliphatic rings. The van der Waals surface area contributed by atoms with Crippen LogP contribution < -0.4 is 0 Å². The van der Waals surface area contributed by atoms with Crippen LogP contribution in [0.2, 0.25) is 0 Å². The number of halogens is 1. The summed E-state index contributed by atoms with van der Waals surface area (Å²) < 4.78 is 19.3. The molecule has 0 atom stereocenters. The Morgan fingerprint density at radius 3 is 1.74 bits per heavy atom. The van der Waals surface area contributed by atoms with Crippen LogP contribution in [0.25, 0.3) is 0 Å². The third kappa shape index (κ3) is 10.5. The summed E-state index contributed by atoms with van der Waals surface area (Å²) >= 11 is 0. The largest absolute Gasteiger partial charge is 0.478 e. The number of esters is 1. The molecule has 2 aromatic rings. The van der Waals surface area contributed by atoms with Crippen LogP contribution in [0.15, 0.2) is 48.5 Å². The van der Waals surface area contributed by atoms with Gasteiger partial charge < -0.3 is 9.84 Å². The lowest BCUT2D eigenvalue weighted by molar-refractivity contribution is 0.0109. The van der Waals surface area contributed by atoms with Crippen molar-refractivity contribution in [2.45, 2.75) is 130 Å². The molecule has 0 radical (unpaired) electrons. The predicted molar refractivity (Wildman–Crippen MR) is 173 cm³/mol. The van der Waals surface area contributed by atoms with Gasteiger partial charge in [-0.3, -0.25) is 0 Å². The van der Waals surface area contributed by atoms with Crippen LogP contribution in [0.3, 0.4) is 0 Å². The van der Waals surface area contributed by atoms with E-state index in [2.05, 4.69) is 13.8 Å². The minimum absolute atomic E-state index is 0.130. The summed E-state index contributed by atoms with van der Waals surface area (Å²) in [5.74, 6) is 2.02. The molecular weight excluding hydrogens is 539 g/mol. The van der Waals surface area contributed by atoms with Crippen molar-refractivity contribution >= 4 is 11.9 Å². The molecule has 4 nitrogen and oxygen atoms in total. The van der Waals surface area contributed by atoms with Crippen LogP contribution in [0, 0.1) is 29.5 Å². The molecule has 43 heavy (non-hydrogen) atoms. The molecule has 0 aliphatic heterocycles. The zero-order valence-corrected chi connectivity index (χ0v) is 27.0. The van der Waals surface area contributed by atoms with Gasteiger partial charge in [0.1, 0.15) is 11.9 Å². The van der Waals surface area contributed by atoms with Gasteiger partial charge in [-0.1, -0.05) is 77.6 Å². The minimum atomic E-state index is -1.20. The number of hydrogen-bond acceptors (Lipinski definition) is 3. The Morgan fingerprint density at radius 2 is 1.26 bits per heavy atom. The van der Waals surface area contributed by atoms with Gasteiger partial charge in [0.05, 0.1) is 11.1 Å². The first-order valence-electron chi connectivity index (χ1n) is 17.2. The number of carbonyl (C=O) groups is 2. The molecule has 3 aliphatic carbocycles. The van der Waals surface area contributed by atoms with E-state index >= 15 is 0 Å². The molecule has 5 rings (SSSR count). The average Bonchev–Trinajstić information content (AvgIpc) is 3.06. The van der Waals surface area contributed by atoms with Gasteiger partial charge in [-0.25, -0.2) is 14.0 Å². The Hall–Kier alpha value is -2.69. The summed E-state index contributed by atoms with van der Waals surface area (Å²) in [6, 6.07) is 13.9. The molecule has 5 heteroatoms. The average molecular weight is 595 g/mol. The molecule has 0 spiro atoms. The van der Waals surface area contributed by atoms with Crippen molar-refractivity contribution in [1.82, 2.24) is 0 Å². The van der Waals surface area contributed by atoms with Gasteiger partial charge in [0.15, 0.2) is 0 Å². The van der Waals surface area contributed by atoms with Crippen molar-refractivity contribution < 1.29 is 23.8 Å². The highest BCUT2D eigenvalue weighted by Crippen LogP contribution is 2.41. The normalized spacial score (nSPS) is 27.0. The highest BCUT2D eigenvalue weighted by atomic mass is 19.1. The predicted octanol–water partition coefficient (Wildman–Crippen LogP) is 10.9. The number of carboxylic acids is 1. The number of rotatable bonds is 7. The van der Waals surface area contributed by atoms with E-state index in [1.54, 1.807) is 6.07 Å². The van der Waals surface area contributed by atoms with Gasteiger partial charge in [-0.15, -0.1) is 0 Å². The fourth-order valence-electron chi connectivity index (χ4n) is 7.40. The summed E-state index contributed by atoms with van der Waals surface area (Å²) in [6.07, 6.45) is 17.6. The van der Waals surface area contributed by atoms with E-state index in [4.69, 9.17) is 9.84 Å². The Kier molecular flexibility index (Phi) is 14.7. The maximum Gasteiger partial charge on any atom is 0.338 e. The van der Waals surface area contributed by atoms with Crippen molar-refractivity contribution in [3.8, 4) is 0 Å². The van der Waals surface area contributed by atoms with Gasteiger partial charge in [0.25, 0.3) is 0 Å². The zero-order valence-electron chi connectivity index (χ0n) is 27.0. The van der Waals surface area contributed by atoms with Crippen molar-refractivity contribution in [3.05, 3.63) is 71.0 Å². The molecule has 0 aromatic heterocycles. The van der Waals surface area contributed by atoms with Gasteiger partial charge in [0.2, 0.25) is 0 Å². The van der Waals surface area contributed by atoms with E-state index in [0.717, 1.165) is 54.9 Å². The zero-order chi connectivity index (χ0) is 31.2. The van der Waals surface area contributed by atoms with E-state index < -0.39 is 11.8 Å². The number of hydrogen-bond donors (Lipinski definition) is 1. The van der Waals surface area contributed by atoms with E-state index in [1.807, 2.05) is 44.2 Å². The van der Waals surface area contributed by atoms with E-state index in [9.17, 15) is 14.0 Å². The number of ether oxygens (including phenoxy) is 1. The van der Waals surface area contributed by atoms with Crippen molar-refractivity contribution in [1.29, 1.82) is 0 Å². The number of carbonyl (C=O) groups excluding carboxylic acids is 1. The standard InChI is InChI=1S/C21H30O2.C15H19FO2.C2H6/c1-2-16-8-10-17(11-9-16)18-12-14-20(15-13-18)23-21(22)19-6-4-3-5-7-19;1-2-10-3-5-11(6-4-10)12-7-8-13(15(17)18)14(16)9-12;1-2/h3-7,16-18,20H,2,8-15H2,1H3;7-11H,2-6H2,1H3,(H,17,18);1-2H3. The number of carboxylic acid groups (broad SMARTS) is 1. The molecule has 3 fully saturated rings. The van der Waals surface area contributed by atoms with E-state index in [-0.39, 0.29) is 17.6 Å². The quantitative estimate of drug-likeness (QED) is 0.324. The number of aromatic carboxylic acids is 1. The molecule has 238 valence electrons. The maximum atomic E-state index is 13.6. The second kappa shape index (κ2) is 18.2. The van der Waals surface area contributed by atoms with Crippen LogP contribution in [-0.4, -0.2) is 23.1 Å². The molecule has 3 saturated carbocycles. The van der Waals surface area contributed by atoms with Gasteiger partial charge in [-0.2, -0.15) is 0 Å². The molecule has 0 saturated heterocycles. The summed E-state index contributed by atoms with van der Waals surface area (Å²) in [5.41, 5.74) is 1.39. The third-order valence-electron chi connectivity index (χ3n) is 10.3.